The Labute approximate surface area is 73.0 Å². The molecule has 0 radical (unpaired) electrons. The van der Waals surface area contributed by atoms with Gasteiger partial charge in [-0.15, -0.1) is 0 Å². The molecule has 0 atom stereocenters. The van der Waals surface area contributed by atoms with Crippen molar-refractivity contribution in [1.82, 2.24) is 0 Å². The van der Waals surface area contributed by atoms with E-state index in [9.17, 15) is 5.11 Å². The minimum absolute atomic E-state index is 0.345. The first-order valence-corrected chi connectivity index (χ1v) is 4.17. The third-order valence-electron chi connectivity index (χ3n) is 1.73. The van der Waals surface area contributed by atoms with E-state index >= 15 is 0 Å². The number of anilines is 1. The van der Waals surface area contributed by atoms with Crippen LogP contribution in [0.4, 0.5) is 5.69 Å². The Morgan fingerprint density at radius 3 is 2.67 bits per heavy atom. The monoisotopic (exact) mass is 165 g/mol. The van der Waals surface area contributed by atoms with Gasteiger partial charge in [-0.25, -0.2) is 0 Å². The molecule has 0 fully saturated rings. The fourth-order valence-corrected chi connectivity index (χ4v) is 1.21. The summed E-state index contributed by atoms with van der Waals surface area (Å²) in [6, 6.07) is 5.18. The summed E-state index contributed by atoms with van der Waals surface area (Å²) >= 11 is 0. The van der Waals surface area contributed by atoms with E-state index in [0.717, 1.165) is 12.0 Å². The summed E-state index contributed by atoms with van der Waals surface area (Å²) in [4.78, 5) is 0. The van der Waals surface area contributed by atoms with Crippen LogP contribution in [0, 0.1) is 5.92 Å². The summed E-state index contributed by atoms with van der Waals surface area (Å²) in [5, 5.41) is 9.43. The Morgan fingerprint density at radius 2 is 2.08 bits per heavy atom. The van der Waals surface area contributed by atoms with Crippen molar-refractivity contribution in [2.75, 3.05) is 5.73 Å². The molecule has 0 amide bonds. The van der Waals surface area contributed by atoms with E-state index in [1.807, 2.05) is 6.07 Å². The predicted molar refractivity (Wildman–Crippen MR) is 51.1 cm³/mol. The highest BCUT2D eigenvalue weighted by Crippen LogP contribution is 2.22. The highest BCUT2D eigenvalue weighted by molar-refractivity contribution is 5.47. The number of phenolic OH excluding ortho intramolecular Hbond substituents is 1. The van der Waals surface area contributed by atoms with Crippen molar-refractivity contribution < 1.29 is 5.11 Å². The Morgan fingerprint density at radius 1 is 1.42 bits per heavy atom. The lowest BCUT2D eigenvalue weighted by atomic mass is 10.0. The molecule has 0 bridgehead atoms. The zero-order valence-electron chi connectivity index (χ0n) is 7.54. The van der Waals surface area contributed by atoms with Gasteiger partial charge in [0.2, 0.25) is 0 Å². The number of hydrogen-bond acceptors (Lipinski definition) is 2. The molecular formula is C10H15NO. The first kappa shape index (κ1) is 8.91. The van der Waals surface area contributed by atoms with Crippen LogP contribution in [-0.2, 0) is 6.42 Å². The summed E-state index contributed by atoms with van der Waals surface area (Å²) in [6.07, 6.45) is 0.872. The van der Waals surface area contributed by atoms with E-state index in [-0.39, 0.29) is 0 Å². The van der Waals surface area contributed by atoms with E-state index < -0.39 is 0 Å². The molecule has 0 unspecified atom stereocenters. The van der Waals surface area contributed by atoms with Gasteiger partial charge in [-0.1, -0.05) is 13.8 Å². The predicted octanol–water partition coefficient (Wildman–Crippen LogP) is 2.17. The summed E-state index contributed by atoms with van der Waals surface area (Å²) < 4.78 is 0. The first-order chi connectivity index (χ1) is 5.59. The van der Waals surface area contributed by atoms with E-state index in [2.05, 4.69) is 13.8 Å². The molecule has 12 heavy (non-hydrogen) atoms. The average Bonchev–Trinajstić information content (AvgIpc) is 1.96. The number of aromatic hydroxyl groups is 1. The number of nitrogens with two attached hydrogens (primary N) is 1. The topological polar surface area (TPSA) is 46.2 Å². The van der Waals surface area contributed by atoms with Gasteiger partial charge in [0, 0.05) is 5.69 Å². The van der Waals surface area contributed by atoms with Crippen LogP contribution >= 0.6 is 0 Å². The van der Waals surface area contributed by atoms with Crippen molar-refractivity contribution in [2.45, 2.75) is 20.3 Å². The fraction of sp³-hybridized carbons (Fsp3) is 0.400. The van der Waals surface area contributed by atoms with Crippen molar-refractivity contribution in [3.63, 3.8) is 0 Å². The number of benzene rings is 1. The zero-order chi connectivity index (χ0) is 9.14. The van der Waals surface area contributed by atoms with Gasteiger partial charge in [-0.2, -0.15) is 0 Å². The van der Waals surface area contributed by atoms with Crippen LogP contribution in [0.15, 0.2) is 18.2 Å². The van der Waals surface area contributed by atoms with Crippen molar-refractivity contribution in [2.24, 2.45) is 5.92 Å². The highest BCUT2D eigenvalue weighted by atomic mass is 16.3. The minimum atomic E-state index is 0.345. The number of rotatable bonds is 2. The molecule has 1 aromatic rings. The van der Waals surface area contributed by atoms with Crippen LogP contribution in [0.3, 0.4) is 0 Å². The molecule has 0 saturated heterocycles. The van der Waals surface area contributed by atoms with E-state index in [1.165, 1.54) is 0 Å². The maximum Gasteiger partial charge on any atom is 0.118 e. The standard InChI is InChI=1S/C10H15NO/c1-7(2)5-8-6-9(11)3-4-10(8)12/h3-4,6-7,12H,5,11H2,1-2H3. The van der Waals surface area contributed by atoms with E-state index in [4.69, 9.17) is 5.73 Å². The lowest BCUT2D eigenvalue weighted by Gasteiger charge is -2.07. The molecule has 0 aliphatic carbocycles. The second kappa shape index (κ2) is 3.48. The van der Waals surface area contributed by atoms with Crippen LogP contribution in [0.25, 0.3) is 0 Å². The Balaban J connectivity index is 2.90. The fourth-order valence-electron chi connectivity index (χ4n) is 1.21. The molecule has 66 valence electrons. The Kier molecular flexibility index (Phi) is 2.58. The molecule has 0 aliphatic heterocycles. The second-order valence-corrected chi connectivity index (χ2v) is 3.49. The molecule has 0 heterocycles. The van der Waals surface area contributed by atoms with Crippen LogP contribution in [-0.4, -0.2) is 5.11 Å². The Hall–Kier alpha value is -1.18. The third kappa shape index (κ3) is 2.16. The van der Waals surface area contributed by atoms with Crippen molar-refractivity contribution in [3.8, 4) is 5.75 Å². The molecule has 0 aromatic heterocycles. The molecule has 0 saturated carbocycles. The number of phenols is 1. The molecule has 1 rings (SSSR count). The zero-order valence-corrected chi connectivity index (χ0v) is 7.54. The average molecular weight is 165 g/mol. The molecular weight excluding hydrogens is 150 g/mol. The van der Waals surface area contributed by atoms with Gasteiger partial charge in [-0.3, -0.25) is 0 Å². The highest BCUT2D eigenvalue weighted by Gasteiger charge is 2.03. The van der Waals surface area contributed by atoms with Gasteiger partial charge in [0.05, 0.1) is 0 Å². The minimum Gasteiger partial charge on any atom is -0.508 e. The van der Waals surface area contributed by atoms with Gasteiger partial charge in [0.25, 0.3) is 0 Å². The molecule has 2 nitrogen and oxygen atoms in total. The van der Waals surface area contributed by atoms with Crippen molar-refractivity contribution in [3.05, 3.63) is 23.8 Å². The summed E-state index contributed by atoms with van der Waals surface area (Å²) in [5.41, 5.74) is 7.24. The van der Waals surface area contributed by atoms with Crippen LogP contribution < -0.4 is 5.73 Å². The van der Waals surface area contributed by atoms with Crippen LogP contribution in [0.5, 0.6) is 5.75 Å². The molecule has 3 N–H and O–H groups in total. The summed E-state index contributed by atoms with van der Waals surface area (Å²) in [6.45, 7) is 4.23. The molecule has 0 spiro atoms. The van der Waals surface area contributed by atoms with Crippen LogP contribution in [0.2, 0.25) is 0 Å². The summed E-state index contributed by atoms with van der Waals surface area (Å²) in [5.74, 6) is 0.885. The molecule has 0 aliphatic rings. The van der Waals surface area contributed by atoms with E-state index in [1.54, 1.807) is 12.1 Å². The lowest BCUT2D eigenvalue weighted by Crippen LogP contribution is -1.95. The molecule has 2 heteroatoms. The maximum atomic E-state index is 9.43. The number of nitrogen functional groups attached to an aromatic ring is 1. The second-order valence-electron chi connectivity index (χ2n) is 3.49. The van der Waals surface area contributed by atoms with Crippen molar-refractivity contribution in [1.29, 1.82) is 0 Å². The SMILES string of the molecule is CC(C)Cc1cc(N)ccc1O. The number of hydrogen-bond donors (Lipinski definition) is 2. The largest absolute Gasteiger partial charge is 0.508 e. The van der Waals surface area contributed by atoms with Gasteiger partial charge >= 0.3 is 0 Å². The first-order valence-electron chi connectivity index (χ1n) is 4.17. The van der Waals surface area contributed by atoms with Gasteiger partial charge in [-0.05, 0) is 36.1 Å². The summed E-state index contributed by atoms with van der Waals surface area (Å²) in [7, 11) is 0. The lowest BCUT2D eigenvalue weighted by molar-refractivity contribution is 0.462. The van der Waals surface area contributed by atoms with E-state index in [0.29, 0.717) is 17.4 Å². The van der Waals surface area contributed by atoms with Crippen molar-refractivity contribution >= 4 is 5.69 Å². The van der Waals surface area contributed by atoms with Crippen LogP contribution in [0.1, 0.15) is 19.4 Å². The van der Waals surface area contributed by atoms with Gasteiger partial charge in [0.15, 0.2) is 0 Å². The molecule has 1 aromatic carbocycles. The normalized spacial score (nSPS) is 10.6. The maximum absolute atomic E-state index is 9.43. The third-order valence-corrected chi connectivity index (χ3v) is 1.73. The Bertz CT molecular complexity index is 269. The smallest absolute Gasteiger partial charge is 0.118 e. The van der Waals surface area contributed by atoms with Gasteiger partial charge in [0.1, 0.15) is 5.75 Å². The quantitative estimate of drug-likeness (QED) is 0.521. The van der Waals surface area contributed by atoms with Gasteiger partial charge < -0.3 is 10.8 Å².